The first-order chi connectivity index (χ1) is 4.09. The molecule has 0 rings (SSSR count). The van der Waals surface area contributed by atoms with Gasteiger partial charge in [-0.3, -0.25) is 4.79 Å². The first kappa shape index (κ1) is 8.50. The molecule has 0 bridgehead atoms. The summed E-state index contributed by atoms with van der Waals surface area (Å²) in [6.45, 7) is 5.17. The van der Waals surface area contributed by atoms with Gasteiger partial charge in [0, 0.05) is 0 Å². The fourth-order valence-electron chi connectivity index (χ4n) is 0.305. The lowest BCUT2D eigenvalue weighted by molar-refractivity contribution is -0.139. The van der Waals surface area contributed by atoms with Crippen molar-refractivity contribution < 1.29 is 9.53 Å². The fraction of sp³-hybridized carbons (Fsp3) is 0.500. The molecule has 1 atom stereocenters. The average molecular weight is 149 g/mol. The van der Waals surface area contributed by atoms with E-state index >= 15 is 0 Å². The number of alkyl halides is 1. The van der Waals surface area contributed by atoms with Gasteiger partial charge in [0.25, 0.3) is 0 Å². The third kappa shape index (κ3) is 2.51. The molecule has 9 heavy (non-hydrogen) atoms. The number of hydrogen-bond donors (Lipinski definition) is 0. The Kier molecular flexibility index (Phi) is 3.32. The van der Waals surface area contributed by atoms with Gasteiger partial charge in [0.1, 0.15) is 0 Å². The quantitative estimate of drug-likeness (QED) is 0.336. The van der Waals surface area contributed by atoms with E-state index in [0.29, 0.717) is 5.57 Å². The molecule has 0 aromatic carbocycles. The minimum atomic E-state index is -0.699. The van der Waals surface area contributed by atoms with Crippen LogP contribution in [0.3, 0.4) is 0 Å². The molecule has 0 aromatic heterocycles. The van der Waals surface area contributed by atoms with Gasteiger partial charge < -0.3 is 4.74 Å². The lowest BCUT2D eigenvalue weighted by Gasteiger charge is -2.04. The monoisotopic (exact) mass is 148 g/mol. The molecule has 0 aliphatic carbocycles. The average Bonchev–Trinajstić information content (AvgIpc) is 1.84. The summed E-state index contributed by atoms with van der Waals surface area (Å²) in [4.78, 5) is 10.5. The highest BCUT2D eigenvalue weighted by Crippen LogP contribution is 2.07. The van der Waals surface area contributed by atoms with Gasteiger partial charge in [-0.2, -0.15) is 0 Å². The topological polar surface area (TPSA) is 26.3 Å². The first-order valence-electron chi connectivity index (χ1n) is 2.47. The number of hydrogen-bond acceptors (Lipinski definition) is 2. The third-order valence-corrected chi connectivity index (χ3v) is 1.39. The summed E-state index contributed by atoms with van der Waals surface area (Å²) in [5, 5.41) is -0.699. The molecule has 0 radical (unpaired) electrons. The molecule has 0 heterocycles. The minimum Gasteiger partial charge on any atom is -0.468 e. The number of halogens is 1. The van der Waals surface area contributed by atoms with Gasteiger partial charge in [-0.1, -0.05) is 12.2 Å². The van der Waals surface area contributed by atoms with E-state index in [1.54, 1.807) is 6.92 Å². The second kappa shape index (κ2) is 3.51. The first-order valence-corrected chi connectivity index (χ1v) is 2.90. The Labute approximate surface area is 59.5 Å². The highest BCUT2D eigenvalue weighted by Gasteiger charge is 2.14. The summed E-state index contributed by atoms with van der Waals surface area (Å²) in [7, 11) is 1.29. The highest BCUT2D eigenvalue weighted by atomic mass is 35.5. The van der Waals surface area contributed by atoms with Gasteiger partial charge in [0.2, 0.25) is 0 Å². The normalized spacial score (nSPS) is 12.3. The molecule has 2 nitrogen and oxygen atoms in total. The Morgan fingerprint density at radius 2 is 2.22 bits per heavy atom. The predicted molar refractivity (Wildman–Crippen MR) is 36.5 cm³/mol. The van der Waals surface area contributed by atoms with Crippen LogP contribution in [0.25, 0.3) is 0 Å². The number of rotatable bonds is 2. The van der Waals surface area contributed by atoms with Crippen LogP contribution in [0.4, 0.5) is 0 Å². The molecule has 1 unspecified atom stereocenters. The minimum absolute atomic E-state index is 0.454. The molecule has 0 spiro atoms. The number of methoxy groups -OCH3 is 1. The maximum atomic E-state index is 10.5. The Morgan fingerprint density at radius 3 is 2.33 bits per heavy atom. The zero-order chi connectivity index (χ0) is 7.44. The van der Waals surface area contributed by atoms with E-state index in [4.69, 9.17) is 11.6 Å². The standard InChI is InChI=1S/C6H9ClO2/c1-4(2)5(7)6(8)9-3/h5H,1H2,2-3H3. The largest absolute Gasteiger partial charge is 0.468 e. The molecule has 0 aliphatic rings. The van der Waals surface area contributed by atoms with E-state index in [0.717, 1.165) is 0 Å². The van der Waals surface area contributed by atoms with Crippen molar-refractivity contribution in [3.8, 4) is 0 Å². The smallest absolute Gasteiger partial charge is 0.327 e. The highest BCUT2D eigenvalue weighted by molar-refractivity contribution is 6.31. The summed E-state index contributed by atoms with van der Waals surface area (Å²) in [5.74, 6) is -0.454. The van der Waals surface area contributed by atoms with Crippen LogP contribution in [0.15, 0.2) is 12.2 Å². The fourth-order valence-corrected chi connectivity index (χ4v) is 0.394. The van der Waals surface area contributed by atoms with E-state index in [1.165, 1.54) is 7.11 Å². The van der Waals surface area contributed by atoms with Crippen LogP contribution in [0.2, 0.25) is 0 Å². The summed E-state index contributed by atoms with van der Waals surface area (Å²) in [6, 6.07) is 0. The van der Waals surface area contributed by atoms with E-state index in [1.807, 2.05) is 0 Å². The van der Waals surface area contributed by atoms with Crippen LogP contribution >= 0.6 is 11.6 Å². The summed E-state index contributed by atoms with van der Waals surface area (Å²) < 4.78 is 4.34. The van der Waals surface area contributed by atoms with E-state index in [9.17, 15) is 4.79 Å². The number of ether oxygens (including phenoxy) is 1. The van der Waals surface area contributed by atoms with E-state index in [-0.39, 0.29) is 0 Å². The maximum absolute atomic E-state index is 10.5. The lowest BCUT2D eigenvalue weighted by atomic mass is 10.2. The van der Waals surface area contributed by atoms with Crippen LogP contribution in [-0.2, 0) is 9.53 Å². The summed E-state index contributed by atoms with van der Waals surface area (Å²) in [5.41, 5.74) is 0.600. The van der Waals surface area contributed by atoms with Crippen molar-refractivity contribution in [2.24, 2.45) is 0 Å². The van der Waals surface area contributed by atoms with Gasteiger partial charge in [-0.05, 0) is 6.92 Å². The maximum Gasteiger partial charge on any atom is 0.327 e. The lowest BCUT2D eigenvalue weighted by Crippen LogP contribution is -2.16. The second-order valence-corrected chi connectivity index (χ2v) is 2.17. The van der Waals surface area contributed by atoms with Gasteiger partial charge in [0.05, 0.1) is 7.11 Å². The second-order valence-electron chi connectivity index (χ2n) is 1.73. The summed E-state index contributed by atoms with van der Waals surface area (Å²) >= 11 is 5.49. The molecule has 0 aromatic rings. The molecule has 0 saturated heterocycles. The Balaban J connectivity index is 3.88. The predicted octanol–water partition coefficient (Wildman–Crippen LogP) is 1.34. The summed E-state index contributed by atoms with van der Waals surface area (Å²) in [6.07, 6.45) is 0. The Bertz CT molecular complexity index is 131. The number of carbonyl (C=O) groups is 1. The van der Waals surface area contributed by atoms with E-state index in [2.05, 4.69) is 11.3 Å². The van der Waals surface area contributed by atoms with Gasteiger partial charge in [-0.25, -0.2) is 0 Å². The van der Waals surface area contributed by atoms with Gasteiger partial charge >= 0.3 is 5.97 Å². The van der Waals surface area contributed by atoms with Crippen molar-refractivity contribution in [2.45, 2.75) is 12.3 Å². The zero-order valence-corrected chi connectivity index (χ0v) is 6.23. The van der Waals surface area contributed by atoms with Crippen molar-refractivity contribution in [3.63, 3.8) is 0 Å². The van der Waals surface area contributed by atoms with Crippen LogP contribution in [0.5, 0.6) is 0 Å². The number of esters is 1. The zero-order valence-electron chi connectivity index (χ0n) is 5.48. The third-order valence-electron chi connectivity index (χ3n) is 0.841. The molecule has 3 heteroatoms. The molecule has 0 amide bonds. The molecular formula is C6H9ClO2. The molecule has 0 fully saturated rings. The van der Waals surface area contributed by atoms with Crippen LogP contribution < -0.4 is 0 Å². The van der Waals surface area contributed by atoms with Crippen molar-refractivity contribution in [2.75, 3.05) is 7.11 Å². The molecule has 52 valence electrons. The molecule has 0 saturated carbocycles. The van der Waals surface area contributed by atoms with Gasteiger partial charge in [-0.15, -0.1) is 11.6 Å². The van der Waals surface area contributed by atoms with Crippen LogP contribution in [0, 0.1) is 0 Å². The number of carbonyl (C=O) groups excluding carboxylic acids is 1. The van der Waals surface area contributed by atoms with Crippen molar-refractivity contribution in [3.05, 3.63) is 12.2 Å². The van der Waals surface area contributed by atoms with E-state index < -0.39 is 11.3 Å². The Morgan fingerprint density at radius 1 is 1.78 bits per heavy atom. The van der Waals surface area contributed by atoms with Crippen LogP contribution in [0.1, 0.15) is 6.92 Å². The molecule has 0 aliphatic heterocycles. The molecule has 0 N–H and O–H groups in total. The SMILES string of the molecule is C=C(C)C(Cl)C(=O)OC. The Hall–Kier alpha value is -0.500. The van der Waals surface area contributed by atoms with Crippen LogP contribution in [-0.4, -0.2) is 18.5 Å². The molecular weight excluding hydrogens is 140 g/mol. The van der Waals surface area contributed by atoms with Gasteiger partial charge in [0.15, 0.2) is 5.38 Å². The van der Waals surface area contributed by atoms with Crippen molar-refractivity contribution in [1.82, 2.24) is 0 Å². The van der Waals surface area contributed by atoms with Crippen molar-refractivity contribution >= 4 is 17.6 Å². The van der Waals surface area contributed by atoms with Crippen molar-refractivity contribution in [1.29, 1.82) is 0 Å².